The molecule has 5 heteroatoms. The summed E-state index contributed by atoms with van der Waals surface area (Å²) in [6.07, 6.45) is 0. The van der Waals surface area contributed by atoms with E-state index < -0.39 is 0 Å². The smallest absolute Gasteiger partial charge is 0.236 e. The summed E-state index contributed by atoms with van der Waals surface area (Å²) in [5.74, 6) is 1.08. The standard InChI is InChI=1S/C20H33N3O2/c1-16-13-23(15-18-8-6-5-7-9-18)14-17(2)20(16)22(3)19(24)12-21-10-11-25-4/h5-9,16-17,20-21H,10-15H2,1-4H3. The number of methoxy groups -OCH3 is 1. The number of piperidine rings is 1. The average molecular weight is 348 g/mol. The fourth-order valence-electron chi connectivity index (χ4n) is 4.06. The van der Waals surface area contributed by atoms with Crippen molar-refractivity contribution in [2.45, 2.75) is 26.4 Å². The van der Waals surface area contributed by atoms with Crippen LogP contribution in [0.3, 0.4) is 0 Å². The maximum absolute atomic E-state index is 12.5. The van der Waals surface area contributed by atoms with E-state index >= 15 is 0 Å². The van der Waals surface area contributed by atoms with Gasteiger partial charge >= 0.3 is 0 Å². The third-order valence-electron chi connectivity index (χ3n) is 5.11. The highest BCUT2D eigenvalue weighted by Gasteiger charge is 2.36. The van der Waals surface area contributed by atoms with Gasteiger partial charge in [-0.15, -0.1) is 0 Å². The normalized spacial score (nSPS) is 24.2. The molecule has 1 aromatic rings. The number of carbonyl (C=O) groups excluding carboxylic acids is 1. The summed E-state index contributed by atoms with van der Waals surface area (Å²) in [5, 5.41) is 3.15. The molecule has 140 valence electrons. The van der Waals surface area contributed by atoms with Crippen LogP contribution in [-0.4, -0.2) is 68.7 Å². The van der Waals surface area contributed by atoms with Crippen LogP contribution in [0, 0.1) is 11.8 Å². The lowest BCUT2D eigenvalue weighted by atomic mass is 9.84. The summed E-state index contributed by atoms with van der Waals surface area (Å²) < 4.78 is 5.00. The first-order valence-corrected chi connectivity index (χ1v) is 9.24. The number of likely N-dealkylation sites (N-methyl/N-ethyl adjacent to an activating group) is 1. The average Bonchev–Trinajstić information content (AvgIpc) is 2.58. The van der Waals surface area contributed by atoms with Crippen molar-refractivity contribution in [3.8, 4) is 0 Å². The van der Waals surface area contributed by atoms with E-state index in [-0.39, 0.29) is 5.91 Å². The van der Waals surface area contributed by atoms with Gasteiger partial charge in [-0.2, -0.15) is 0 Å². The van der Waals surface area contributed by atoms with Crippen molar-refractivity contribution in [1.29, 1.82) is 0 Å². The Balaban J connectivity index is 1.87. The molecule has 0 aromatic heterocycles. The summed E-state index contributed by atoms with van der Waals surface area (Å²) in [7, 11) is 3.62. The predicted molar refractivity (Wildman–Crippen MR) is 101 cm³/mol. The topological polar surface area (TPSA) is 44.8 Å². The molecule has 2 unspecified atom stereocenters. The van der Waals surface area contributed by atoms with Crippen molar-refractivity contribution in [3.63, 3.8) is 0 Å². The third-order valence-corrected chi connectivity index (χ3v) is 5.11. The molecule has 0 saturated carbocycles. The Morgan fingerprint density at radius 3 is 2.48 bits per heavy atom. The Labute approximate surface area is 152 Å². The Kier molecular flexibility index (Phi) is 7.88. The van der Waals surface area contributed by atoms with Crippen LogP contribution in [-0.2, 0) is 16.1 Å². The van der Waals surface area contributed by atoms with Crippen molar-refractivity contribution in [1.82, 2.24) is 15.1 Å². The molecule has 1 saturated heterocycles. The molecule has 1 N–H and O–H groups in total. The predicted octanol–water partition coefficient (Wildman–Crippen LogP) is 1.84. The molecular weight excluding hydrogens is 314 g/mol. The number of nitrogens with one attached hydrogen (secondary N) is 1. The van der Waals surface area contributed by atoms with E-state index in [9.17, 15) is 4.79 Å². The molecule has 1 aliphatic rings. The van der Waals surface area contributed by atoms with Crippen LogP contribution in [0.25, 0.3) is 0 Å². The Morgan fingerprint density at radius 1 is 1.24 bits per heavy atom. The van der Waals surface area contributed by atoms with E-state index in [2.05, 4.69) is 54.4 Å². The lowest BCUT2D eigenvalue weighted by Crippen LogP contribution is -2.56. The summed E-state index contributed by atoms with van der Waals surface area (Å²) in [5.41, 5.74) is 1.35. The van der Waals surface area contributed by atoms with Gasteiger partial charge in [-0.05, 0) is 17.4 Å². The minimum Gasteiger partial charge on any atom is -0.383 e. The Morgan fingerprint density at radius 2 is 1.88 bits per heavy atom. The zero-order chi connectivity index (χ0) is 18.2. The number of benzene rings is 1. The molecule has 1 fully saturated rings. The van der Waals surface area contributed by atoms with Crippen LogP contribution >= 0.6 is 0 Å². The number of hydrogen-bond donors (Lipinski definition) is 1. The summed E-state index contributed by atoms with van der Waals surface area (Å²) >= 11 is 0. The second-order valence-corrected chi connectivity index (χ2v) is 7.30. The van der Waals surface area contributed by atoms with Gasteiger partial charge in [-0.1, -0.05) is 44.2 Å². The number of hydrogen-bond acceptors (Lipinski definition) is 4. The molecule has 2 rings (SSSR count). The Bertz CT molecular complexity index is 511. The van der Waals surface area contributed by atoms with Gasteiger partial charge in [0.1, 0.15) is 0 Å². The number of amides is 1. The van der Waals surface area contributed by atoms with Crippen molar-refractivity contribution < 1.29 is 9.53 Å². The van der Waals surface area contributed by atoms with Gasteiger partial charge in [0.2, 0.25) is 5.91 Å². The minimum absolute atomic E-state index is 0.163. The molecule has 0 spiro atoms. The number of nitrogens with zero attached hydrogens (tertiary/aromatic N) is 2. The first-order chi connectivity index (χ1) is 12.0. The summed E-state index contributed by atoms with van der Waals surface area (Å²) in [6, 6.07) is 10.9. The molecule has 1 heterocycles. The van der Waals surface area contributed by atoms with Crippen LogP contribution in [0.15, 0.2) is 30.3 Å². The maximum Gasteiger partial charge on any atom is 0.236 e. The number of ether oxygens (including phenoxy) is 1. The summed E-state index contributed by atoms with van der Waals surface area (Å²) in [6.45, 7) is 9.28. The SMILES string of the molecule is COCCNCC(=O)N(C)C1C(C)CN(Cc2ccccc2)CC1C. The van der Waals surface area contributed by atoms with Crippen molar-refractivity contribution >= 4 is 5.91 Å². The Hall–Kier alpha value is -1.43. The van der Waals surface area contributed by atoms with Crippen molar-refractivity contribution in [2.75, 3.05) is 46.9 Å². The van der Waals surface area contributed by atoms with Crippen molar-refractivity contribution in [2.24, 2.45) is 11.8 Å². The van der Waals surface area contributed by atoms with Crippen LogP contribution in [0.2, 0.25) is 0 Å². The number of likely N-dealkylation sites (tertiary alicyclic amines) is 1. The van der Waals surface area contributed by atoms with E-state index in [1.807, 2.05) is 11.9 Å². The molecule has 25 heavy (non-hydrogen) atoms. The molecule has 0 aliphatic carbocycles. The van der Waals surface area contributed by atoms with Gasteiger partial charge in [0.05, 0.1) is 13.2 Å². The summed E-state index contributed by atoms with van der Waals surface area (Å²) in [4.78, 5) is 16.9. The van der Waals surface area contributed by atoms with E-state index in [1.54, 1.807) is 7.11 Å². The fourth-order valence-corrected chi connectivity index (χ4v) is 4.06. The molecule has 1 aromatic carbocycles. The lowest BCUT2D eigenvalue weighted by molar-refractivity contribution is -0.134. The molecule has 1 aliphatic heterocycles. The second kappa shape index (κ2) is 9.90. The first-order valence-electron chi connectivity index (χ1n) is 9.24. The third kappa shape index (κ3) is 5.80. The largest absolute Gasteiger partial charge is 0.383 e. The zero-order valence-corrected chi connectivity index (χ0v) is 16.1. The second-order valence-electron chi connectivity index (χ2n) is 7.30. The van der Waals surface area contributed by atoms with Gasteiger partial charge in [-0.25, -0.2) is 0 Å². The van der Waals surface area contributed by atoms with E-state index in [0.717, 1.165) is 19.6 Å². The van der Waals surface area contributed by atoms with Gasteiger partial charge in [0.15, 0.2) is 0 Å². The van der Waals surface area contributed by atoms with Gasteiger partial charge in [-0.3, -0.25) is 9.69 Å². The molecule has 5 nitrogen and oxygen atoms in total. The lowest BCUT2D eigenvalue weighted by Gasteiger charge is -2.45. The molecular formula is C20H33N3O2. The highest BCUT2D eigenvalue weighted by atomic mass is 16.5. The number of carbonyl (C=O) groups is 1. The maximum atomic E-state index is 12.5. The van der Waals surface area contributed by atoms with Crippen LogP contribution in [0.1, 0.15) is 19.4 Å². The fraction of sp³-hybridized carbons (Fsp3) is 0.650. The zero-order valence-electron chi connectivity index (χ0n) is 16.1. The molecule has 2 atom stereocenters. The number of rotatable bonds is 8. The van der Waals surface area contributed by atoms with Gasteiger partial charge < -0.3 is 15.0 Å². The highest BCUT2D eigenvalue weighted by Crippen LogP contribution is 2.27. The molecule has 0 radical (unpaired) electrons. The monoisotopic (exact) mass is 347 g/mol. The van der Waals surface area contributed by atoms with Crippen LogP contribution in [0.4, 0.5) is 0 Å². The molecule has 0 bridgehead atoms. The minimum atomic E-state index is 0.163. The van der Waals surface area contributed by atoms with Crippen molar-refractivity contribution in [3.05, 3.63) is 35.9 Å². The first kappa shape index (κ1) is 19.9. The van der Waals surface area contributed by atoms with Gasteiger partial charge in [0.25, 0.3) is 0 Å². The van der Waals surface area contributed by atoms with E-state index in [4.69, 9.17) is 4.74 Å². The van der Waals surface area contributed by atoms with Crippen LogP contribution in [0.5, 0.6) is 0 Å². The van der Waals surface area contributed by atoms with E-state index in [1.165, 1.54) is 5.56 Å². The quantitative estimate of drug-likeness (QED) is 0.729. The highest BCUT2D eigenvalue weighted by molar-refractivity contribution is 5.78. The van der Waals surface area contributed by atoms with Crippen LogP contribution < -0.4 is 5.32 Å². The van der Waals surface area contributed by atoms with E-state index in [0.29, 0.717) is 37.6 Å². The van der Waals surface area contributed by atoms with Gasteiger partial charge in [0, 0.05) is 46.4 Å². The molecule has 1 amide bonds.